The summed E-state index contributed by atoms with van der Waals surface area (Å²) in [6.07, 6.45) is 0.907. The van der Waals surface area contributed by atoms with E-state index in [1.54, 1.807) is 37.3 Å². The second-order valence-corrected chi connectivity index (χ2v) is 4.35. The molecule has 0 radical (unpaired) electrons. The monoisotopic (exact) mass is 277 g/mol. The minimum atomic E-state index is -0.803. The Morgan fingerprint density at radius 2 is 1.85 bits per heavy atom. The van der Waals surface area contributed by atoms with Crippen molar-refractivity contribution in [2.75, 3.05) is 7.11 Å². The highest BCUT2D eigenvalue weighted by Gasteiger charge is 2.22. The van der Waals surface area contributed by atoms with E-state index in [-0.39, 0.29) is 24.5 Å². The lowest BCUT2D eigenvalue weighted by Gasteiger charge is -2.16. The van der Waals surface area contributed by atoms with Crippen LogP contribution in [0.1, 0.15) is 36.5 Å². The first-order valence-electron chi connectivity index (χ1n) is 6.54. The van der Waals surface area contributed by atoms with Crippen LogP contribution in [0.25, 0.3) is 0 Å². The summed E-state index contributed by atoms with van der Waals surface area (Å²) in [7, 11) is 1.26. The Labute approximate surface area is 118 Å². The molecule has 0 aliphatic heterocycles. The van der Waals surface area contributed by atoms with E-state index in [2.05, 4.69) is 10.1 Å². The van der Waals surface area contributed by atoms with Crippen molar-refractivity contribution in [2.45, 2.75) is 32.2 Å². The number of Topliss-reactive ketones (excluding diaryl/α,β-unsaturated/α-hetero) is 1. The number of methoxy groups -OCH3 is 1. The van der Waals surface area contributed by atoms with Gasteiger partial charge in [0, 0.05) is 18.4 Å². The SMILES string of the molecule is CCC(=O)CC[C@@H](NC(=O)c1ccccc1)C(=O)OC. The Kier molecular flexibility index (Phi) is 6.43. The van der Waals surface area contributed by atoms with Crippen molar-refractivity contribution in [3.63, 3.8) is 0 Å². The fraction of sp³-hybridized carbons (Fsp3) is 0.400. The Morgan fingerprint density at radius 1 is 1.20 bits per heavy atom. The molecule has 0 aliphatic rings. The summed E-state index contributed by atoms with van der Waals surface area (Å²) in [5, 5.41) is 2.60. The maximum atomic E-state index is 12.0. The van der Waals surface area contributed by atoms with Gasteiger partial charge in [-0.25, -0.2) is 4.79 Å². The molecule has 5 heteroatoms. The van der Waals surface area contributed by atoms with Crippen LogP contribution in [-0.2, 0) is 14.3 Å². The van der Waals surface area contributed by atoms with Gasteiger partial charge in [0.05, 0.1) is 7.11 Å². The van der Waals surface area contributed by atoms with Gasteiger partial charge in [-0.2, -0.15) is 0 Å². The lowest BCUT2D eigenvalue weighted by atomic mass is 10.1. The molecule has 0 aliphatic carbocycles. The zero-order chi connectivity index (χ0) is 15.0. The molecule has 0 bridgehead atoms. The van der Waals surface area contributed by atoms with E-state index in [4.69, 9.17) is 0 Å². The van der Waals surface area contributed by atoms with E-state index in [9.17, 15) is 14.4 Å². The number of hydrogen-bond donors (Lipinski definition) is 1. The highest BCUT2D eigenvalue weighted by atomic mass is 16.5. The summed E-state index contributed by atoms with van der Waals surface area (Å²) in [4.78, 5) is 34.9. The van der Waals surface area contributed by atoms with Gasteiger partial charge in [0.15, 0.2) is 0 Å². The highest BCUT2D eigenvalue weighted by Crippen LogP contribution is 2.05. The van der Waals surface area contributed by atoms with E-state index in [0.29, 0.717) is 12.0 Å². The summed E-state index contributed by atoms with van der Waals surface area (Å²) in [6, 6.07) is 7.78. The molecule has 1 aromatic rings. The lowest BCUT2D eigenvalue weighted by molar-refractivity contribution is -0.143. The Morgan fingerprint density at radius 3 is 2.40 bits per heavy atom. The van der Waals surface area contributed by atoms with E-state index in [1.807, 2.05) is 0 Å². The second-order valence-electron chi connectivity index (χ2n) is 4.35. The van der Waals surface area contributed by atoms with Crippen molar-refractivity contribution < 1.29 is 19.1 Å². The molecule has 0 unspecified atom stereocenters. The molecule has 108 valence electrons. The molecule has 0 aromatic heterocycles. The number of benzene rings is 1. The first-order valence-corrected chi connectivity index (χ1v) is 6.54. The van der Waals surface area contributed by atoms with Gasteiger partial charge in [-0.3, -0.25) is 9.59 Å². The van der Waals surface area contributed by atoms with E-state index in [1.165, 1.54) is 7.11 Å². The topological polar surface area (TPSA) is 72.5 Å². The normalized spacial score (nSPS) is 11.5. The van der Waals surface area contributed by atoms with Crippen LogP contribution in [0.2, 0.25) is 0 Å². The first-order chi connectivity index (χ1) is 9.58. The van der Waals surface area contributed by atoms with Crippen LogP contribution in [0.15, 0.2) is 30.3 Å². The largest absolute Gasteiger partial charge is 0.467 e. The summed E-state index contributed by atoms with van der Waals surface area (Å²) in [5.41, 5.74) is 0.461. The molecule has 1 rings (SSSR count). The number of amides is 1. The minimum absolute atomic E-state index is 0.0489. The Balaban J connectivity index is 2.67. The number of nitrogens with one attached hydrogen (secondary N) is 1. The summed E-state index contributed by atoms with van der Waals surface area (Å²) in [6.45, 7) is 1.76. The summed E-state index contributed by atoms with van der Waals surface area (Å²) in [5.74, 6) is -0.851. The molecule has 1 N–H and O–H groups in total. The van der Waals surface area contributed by atoms with E-state index in [0.717, 1.165) is 0 Å². The van der Waals surface area contributed by atoms with E-state index < -0.39 is 12.0 Å². The van der Waals surface area contributed by atoms with Crippen LogP contribution in [0, 0.1) is 0 Å². The maximum absolute atomic E-state index is 12.0. The molecule has 1 amide bonds. The van der Waals surface area contributed by atoms with Crippen molar-refractivity contribution >= 4 is 17.7 Å². The predicted octanol–water partition coefficient (Wildman–Crippen LogP) is 1.72. The fourth-order valence-electron chi connectivity index (χ4n) is 1.70. The highest BCUT2D eigenvalue weighted by molar-refractivity contribution is 5.96. The summed E-state index contributed by atoms with van der Waals surface area (Å²) >= 11 is 0. The molecule has 20 heavy (non-hydrogen) atoms. The van der Waals surface area contributed by atoms with Gasteiger partial charge in [0.1, 0.15) is 11.8 Å². The first kappa shape index (κ1) is 15.9. The number of ketones is 1. The van der Waals surface area contributed by atoms with Gasteiger partial charge in [0.2, 0.25) is 0 Å². The van der Waals surface area contributed by atoms with Crippen LogP contribution < -0.4 is 5.32 Å². The fourth-order valence-corrected chi connectivity index (χ4v) is 1.70. The number of ether oxygens (including phenoxy) is 1. The molecule has 5 nitrogen and oxygen atoms in total. The van der Waals surface area contributed by atoms with Crippen molar-refractivity contribution in [3.8, 4) is 0 Å². The maximum Gasteiger partial charge on any atom is 0.328 e. The smallest absolute Gasteiger partial charge is 0.328 e. The molecule has 1 atom stereocenters. The van der Waals surface area contributed by atoms with Crippen LogP contribution in [0.3, 0.4) is 0 Å². The second kappa shape index (κ2) is 8.09. The molecule has 0 fully saturated rings. The third-order valence-corrected chi connectivity index (χ3v) is 2.93. The average Bonchev–Trinajstić information content (AvgIpc) is 2.50. The lowest BCUT2D eigenvalue weighted by Crippen LogP contribution is -2.41. The zero-order valence-electron chi connectivity index (χ0n) is 11.7. The van der Waals surface area contributed by atoms with E-state index >= 15 is 0 Å². The van der Waals surface area contributed by atoms with Crippen molar-refractivity contribution in [3.05, 3.63) is 35.9 Å². The predicted molar refractivity (Wildman–Crippen MR) is 74.2 cm³/mol. The Hall–Kier alpha value is -2.17. The summed E-state index contributed by atoms with van der Waals surface area (Å²) < 4.78 is 4.65. The Bertz CT molecular complexity index is 470. The van der Waals surface area contributed by atoms with Crippen LogP contribution in [0.5, 0.6) is 0 Å². The quantitative estimate of drug-likeness (QED) is 0.770. The molecular weight excluding hydrogens is 258 g/mol. The average molecular weight is 277 g/mol. The third-order valence-electron chi connectivity index (χ3n) is 2.93. The van der Waals surface area contributed by atoms with Crippen molar-refractivity contribution in [1.82, 2.24) is 5.32 Å². The number of carbonyl (C=O) groups excluding carboxylic acids is 3. The van der Waals surface area contributed by atoms with Crippen LogP contribution >= 0.6 is 0 Å². The number of carbonyl (C=O) groups is 3. The van der Waals surface area contributed by atoms with Gasteiger partial charge in [-0.1, -0.05) is 25.1 Å². The van der Waals surface area contributed by atoms with Crippen molar-refractivity contribution in [2.24, 2.45) is 0 Å². The third kappa shape index (κ3) is 4.84. The number of hydrogen-bond acceptors (Lipinski definition) is 4. The van der Waals surface area contributed by atoms with Gasteiger partial charge in [0.25, 0.3) is 5.91 Å². The number of rotatable bonds is 7. The van der Waals surface area contributed by atoms with Gasteiger partial charge in [-0.15, -0.1) is 0 Å². The standard InChI is InChI=1S/C15H19NO4/c1-3-12(17)9-10-13(15(19)20-2)16-14(18)11-7-5-4-6-8-11/h4-8,13H,3,9-10H2,1-2H3,(H,16,18)/t13-/m1/s1. The van der Waals surface area contributed by atoms with Gasteiger partial charge >= 0.3 is 5.97 Å². The minimum Gasteiger partial charge on any atom is -0.467 e. The molecule has 0 saturated carbocycles. The van der Waals surface area contributed by atoms with Gasteiger partial charge in [-0.05, 0) is 18.6 Å². The molecule has 0 heterocycles. The van der Waals surface area contributed by atoms with Crippen molar-refractivity contribution in [1.29, 1.82) is 0 Å². The molecule has 0 spiro atoms. The van der Waals surface area contributed by atoms with Crippen LogP contribution in [-0.4, -0.2) is 30.8 Å². The molecule has 0 saturated heterocycles. The number of esters is 1. The van der Waals surface area contributed by atoms with Gasteiger partial charge < -0.3 is 10.1 Å². The molecular formula is C15H19NO4. The van der Waals surface area contributed by atoms with Crippen LogP contribution in [0.4, 0.5) is 0 Å². The molecule has 1 aromatic carbocycles. The zero-order valence-corrected chi connectivity index (χ0v) is 11.7.